The van der Waals surface area contributed by atoms with E-state index >= 15 is 0 Å². The summed E-state index contributed by atoms with van der Waals surface area (Å²) >= 11 is 0. The Morgan fingerprint density at radius 3 is 2.52 bits per heavy atom. The molecule has 0 spiro atoms. The summed E-state index contributed by atoms with van der Waals surface area (Å²) in [6, 6.07) is 4.03. The standard InChI is InChI=1S/C19H25N7O/c1-5-25-14(3)11-16(15(25)4)18(27)24-8-6-23(7-9-24)17-10-13(2)22-19-20-12-21-26(17)19/h10-12H,5-9H2,1-4H3. The molecule has 0 N–H and O–H groups in total. The first-order valence-corrected chi connectivity index (χ1v) is 9.38. The lowest BCUT2D eigenvalue weighted by atomic mass is 10.2. The highest BCUT2D eigenvalue weighted by Crippen LogP contribution is 2.21. The summed E-state index contributed by atoms with van der Waals surface area (Å²) in [4.78, 5) is 25.8. The predicted molar refractivity (Wildman–Crippen MR) is 103 cm³/mol. The third-order valence-electron chi connectivity index (χ3n) is 5.37. The van der Waals surface area contributed by atoms with Crippen LogP contribution in [0, 0.1) is 20.8 Å². The van der Waals surface area contributed by atoms with Crippen molar-refractivity contribution in [3.05, 3.63) is 41.1 Å². The lowest BCUT2D eigenvalue weighted by Gasteiger charge is -2.36. The molecule has 8 nitrogen and oxygen atoms in total. The Kier molecular flexibility index (Phi) is 4.33. The van der Waals surface area contributed by atoms with Crippen molar-refractivity contribution in [3.8, 4) is 0 Å². The van der Waals surface area contributed by atoms with E-state index in [0.717, 1.165) is 48.1 Å². The van der Waals surface area contributed by atoms with Gasteiger partial charge in [-0.3, -0.25) is 4.79 Å². The summed E-state index contributed by atoms with van der Waals surface area (Å²) in [5.41, 5.74) is 3.92. The number of carbonyl (C=O) groups is 1. The molecular formula is C19H25N7O. The summed E-state index contributed by atoms with van der Waals surface area (Å²) in [5.74, 6) is 1.71. The van der Waals surface area contributed by atoms with Gasteiger partial charge in [-0.25, -0.2) is 4.98 Å². The van der Waals surface area contributed by atoms with Gasteiger partial charge in [0.15, 0.2) is 0 Å². The smallest absolute Gasteiger partial charge is 0.255 e. The van der Waals surface area contributed by atoms with Crippen molar-refractivity contribution in [3.63, 3.8) is 0 Å². The number of aromatic nitrogens is 5. The number of hydrogen-bond acceptors (Lipinski definition) is 5. The van der Waals surface area contributed by atoms with Gasteiger partial charge in [0, 0.05) is 55.9 Å². The second kappa shape index (κ2) is 6.68. The molecule has 0 aromatic carbocycles. The molecule has 1 amide bonds. The first-order valence-electron chi connectivity index (χ1n) is 9.38. The minimum absolute atomic E-state index is 0.124. The van der Waals surface area contributed by atoms with Crippen LogP contribution in [-0.2, 0) is 6.54 Å². The topological polar surface area (TPSA) is 71.6 Å². The number of rotatable bonds is 3. The third-order valence-corrected chi connectivity index (χ3v) is 5.37. The van der Waals surface area contributed by atoms with Crippen LogP contribution in [0.2, 0.25) is 0 Å². The molecule has 0 unspecified atom stereocenters. The lowest BCUT2D eigenvalue weighted by Crippen LogP contribution is -2.49. The lowest BCUT2D eigenvalue weighted by molar-refractivity contribution is 0.0745. The second-order valence-electron chi connectivity index (χ2n) is 7.04. The normalized spacial score (nSPS) is 15.0. The highest BCUT2D eigenvalue weighted by atomic mass is 16.2. The zero-order valence-electron chi connectivity index (χ0n) is 16.3. The minimum atomic E-state index is 0.124. The van der Waals surface area contributed by atoms with Gasteiger partial charge >= 0.3 is 0 Å². The van der Waals surface area contributed by atoms with Crippen LogP contribution >= 0.6 is 0 Å². The summed E-state index contributed by atoms with van der Waals surface area (Å²) in [7, 11) is 0. The van der Waals surface area contributed by atoms with Gasteiger partial charge in [-0.2, -0.15) is 14.6 Å². The van der Waals surface area contributed by atoms with E-state index in [4.69, 9.17) is 0 Å². The molecule has 0 radical (unpaired) electrons. The molecule has 0 atom stereocenters. The van der Waals surface area contributed by atoms with E-state index in [1.54, 1.807) is 4.52 Å². The molecule has 142 valence electrons. The molecule has 8 heteroatoms. The van der Waals surface area contributed by atoms with Gasteiger partial charge in [-0.15, -0.1) is 0 Å². The number of aryl methyl sites for hydroxylation is 2. The number of anilines is 1. The maximum Gasteiger partial charge on any atom is 0.255 e. The van der Waals surface area contributed by atoms with Crippen molar-refractivity contribution in [2.24, 2.45) is 0 Å². The molecule has 0 aliphatic carbocycles. The maximum atomic E-state index is 13.0. The number of carbonyl (C=O) groups excluding carboxylic acids is 1. The average Bonchev–Trinajstić information content (AvgIpc) is 3.24. The van der Waals surface area contributed by atoms with Crippen molar-refractivity contribution in [1.29, 1.82) is 0 Å². The van der Waals surface area contributed by atoms with Gasteiger partial charge in [0.25, 0.3) is 11.7 Å². The van der Waals surface area contributed by atoms with Crippen molar-refractivity contribution in [2.45, 2.75) is 34.2 Å². The molecule has 1 aliphatic rings. The van der Waals surface area contributed by atoms with Gasteiger partial charge in [-0.1, -0.05) is 0 Å². The van der Waals surface area contributed by atoms with Crippen LogP contribution in [0.15, 0.2) is 18.5 Å². The molecule has 1 saturated heterocycles. The highest BCUT2D eigenvalue weighted by Gasteiger charge is 2.26. The Balaban J connectivity index is 1.52. The second-order valence-corrected chi connectivity index (χ2v) is 7.04. The van der Waals surface area contributed by atoms with Crippen LogP contribution in [0.4, 0.5) is 5.82 Å². The Hall–Kier alpha value is -2.90. The Morgan fingerprint density at radius 1 is 1.11 bits per heavy atom. The fraction of sp³-hybridized carbons (Fsp3) is 0.474. The van der Waals surface area contributed by atoms with Crippen molar-refractivity contribution in [1.82, 2.24) is 29.0 Å². The maximum absolute atomic E-state index is 13.0. The van der Waals surface area contributed by atoms with Gasteiger partial charge < -0.3 is 14.4 Å². The quantitative estimate of drug-likeness (QED) is 0.706. The average molecular weight is 367 g/mol. The van der Waals surface area contributed by atoms with E-state index in [1.165, 1.54) is 6.33 Å². The Labute approximate surface area is 158 Å². The number of amides is 1. The zero-order chi connectivity index (χ0) is 19.1. The zero-order valence-corrected chi connectivity index (χ0v) is 16.3. The summed E-state index contributed by atoms with van der Waals surface area (Å²) in [6.07, 6.45) is 1.52. The fourth-order valence-electron chi connectivity index (χ4n) is 3.95. The first kappa shape index (κ1) is 17.5. The number of piperazine rings is 1. The minimum Gasteiger partial charge on any atom is -0.353 e. The predicted octanol–water partition coefficient (Wildman–Crippen LogP) is 1.83. The van der Waals surface area contributed by atoms with Crippen molar-refractivity contribution < 1.29 is 4.79 Å². The van der Waals surface area contributed by atoms with Crippen LogP contribution in [0.1, 0.15) is 34.4 Å². The van der Waals surface area contributed by atoms with Crippen LogP contribution in [-0.4, -0.2) is 61.1 Å². The molecule has 4 heterocycles. The van der Waals surface area contributed by atoms with E-state index in [2.05, 4.69) is 38.4 Å². The molecular weight excluding hydrogens is 342 g/mol. The van der Waals surface area contributed by atoms with E-state index in [9.17, 15) is 4.79 Å². The van der Waals surface area contributed by atoms with Gasteiger partial charge in [0.05, 0.1) is 5.56 Å². The molecule has 1 fully saturated rings. The van der Waals surface area contributed by atoms with Crippen LogP contribution < -0.4 is 4.90 Å². The third kappa shape index (κ3) is 2.94. The van der Waals surface area contributed by atoms with Crippen LogP contribution in [0.3, 0.4) is 0 Å². The van der Waals surface area contributed by atoms with E-state index in [1.807, 2.05) is 30.9 Å². The number of nitrogens with zero attached hydrogens (tertiary/aromatic N) is 7. The monoisotopic (exact) mass is 367 g/mol. The molecule has 1 aliphatic heterocycles. The summed E-state index contributed by atoms with van der Waals surface area (Å²) < 4.78 is 3.95. The van der Waals surface area contributed by atoms with Crippen molar-refractivity contribution in [2.75, 3.05) is 31.1 Å². The molecule has 27 heavy (non-hydrogen) atoms. The Morgan fingerprint density at radius 2 is 1.85 bits per heavy atom. The largest absolute Gasteiger partial charge is 0.353 e. The van der Waals surface area contributed by atoms with Gasteiger partial charge in [0.1, 0.15) is 12.1 Å². The van der Waals surface area contributed by atoms with Gasteiger partial charge in [-0.05, 0) is 33.8 Å². The molecule has 0 saturated carbocycles. The first-order chi connectivity index (χ1) is 13.0. The fourth-order valence-corrected chi connectivity index (χ4v) is 3.95. The SMILES string of the molecule is CCn1c(C)cc(C(=O)N2CCN(c3cc(C)nc4ncnn34)CC2)c1C. The number of fused-ring (bicyclic) bond motifs is 1. The summed E-state index contributed by atoms with van der Waals surface area (Å²) in [6.45, 7) is 11.9. The van der Waals surface area contributed by atoms with E-state index in [0.29, 0.717) is 18.9 Å². The Bertz CT molecular complexity index is 995. The molecule has 4 rings (SSSR count). The highest BCUT2D eigenvalue weighted by molar-refractivity contribution is 5.96. The van der Waals surface area contributed by atoms with E-state index < -0.39 is 0 Å². The van der Waals surface area contributed by atoms with Crippen LogP contribution in [0.5, 0.6) is 0 Å². The summed E-state index contributed by atoms with van der Waals surface area (Å²) in [5, 5.41) is 4.29. The van der Waals surface area contributed by atoms with Crippen molar-refractivity contribution >= 4 is 17.5 Å². The van der Waals surface area contributed by atoms with E-state index in [-0.39, 0.29) is 5.91 Å². The molecule has 3 aromatic heterocycles. The van der Waals surface area contributed by atoms with Gasteiger partial charge in [0.2, 0.25) is 0 Å². The van der Waals surface area contributed by atoms with Crippen LogP contribution in [0.25, 0.3) is 5.78 Å². The molecule has 0 bridgehead atoms. The molecule has 3 aromatic rings. The number of hydrogen-bond donors (Lipinski definition) is 0.